The van der Waals surface area contributed by atoms with Gasteiger partial charge in [-0.3, -0.25) is 4.79 Å². The van der Waals surface area contributed by atoms with Crippen molar-refractivity contribution in [1.29, 1.82) is 0 Å². The van der Waals surface area contributed by atoms with Crippen LogP contribution in [0.5, 0.6) is 0 Å². The number of thiazole rings is 1. The van der Waals surface area contributed by atoms with Crippen LogP contribution in [0.15, 0.2) is 30.3 Å². The number of nitrogens with one attached hydrogen (secondary N) is 2. The van der Waals surface area contributed by atoms with Gasteiger partial charge in [0.1, 0.15) is 4.88 Å². The fourth-order valence-corrected chi connectivity index (χ4v) is 2.79. The number of aromatic nitrogens is 1. The molecule has 1 aromatic heterocycles. The molecule has 0 bridgehead atoms. The van der Waals surface area contributed by atoms with Gasteiger partial charge in [0.2, 0.25) is 0 Å². The van der Waals surface area contributed by atoms with Gasteiger partial charge in [0.15, 0.2) is 5.13 Å². The molecule has 2 rings (SSSR count). The molecular formula is C14H17N3OS. The van der Waals surface area contributed by atoms with Gasteiger partial charge in [-0.15, -0.1) is 0 Å². The Labute approximate surface area is 116 Å². The van der Waals surface area contributed by atoms with E-state index in [1.165, 1.54) is 16.9 Å². The minimum Gasteiger partial charge on any atom is -0.355 e. The van der Waals surface area contributed by atoms with E-state index in [2.05, 4.69) is 34.7 Å². The molecule has 2 aromatic rings. The van der Waals surface area contributed by atoms with Gasteiger partial charge in [0.05, 0.1) is 11.7 Å². The first-order valence-corrected chi connectivity index (χ1v) is 6.94. The predicted molar refractivity (Wildman–Crippen MR) is 78.7 cm³/mol. The summed E-state index contributed by atoms with van der Waals surface area (Å²) in [6, 6.07) is 10.3. The minimum atomic E-state index is -0.0876. The lowest BCUT2D eigenvalue weighted by molar-refractivity contribution is 0.0966. The number of anilines is 1. The highest BCUT2D eigenvalue weighted by Crippen LogP contribution is 2.26. The molecule has 0 aliphatic rings. The Morgan fingerprint density at radius 1 is 1.32 bits per heavy atom. The molecule has 0 fully saturated rings. The molecule has 1 atom stereocenters. The maximum absolute atomic E-state index is 11.6. The fourth-order valence-electron chi connectivity index (χ4n) is 1.79. The normalized spacial score (nSPS) is 11.9. The molecule has 1 amide bonds. The zero-order chi connectivity index (χ0) is 13.8. The molecular weight excluding hydrogens is 258 g/mol. The molecule has 4 nitrogen and oxygen atoms in total. The number of rotatable bonds is 4. The molecule has 2 N–H and O–H groups in total. The van der Waals surface area contributed by atoms with Crippen molar-refractivity contribution in [3.05, 3.63) is 46.5 Å². The van der Waals surface area contributed by atoms with E-state index in [4.69, 9.17) is 0 Å². The third-order valence-electron chi connectivity index (χ3n) is 2.87. The van der Waals surface area contributed by atoms with Crippen LogP contribution in [-0.2, 0) is 0 Å². The van der Waals surface area contributed by atoms with E-state index in [1.54, 1.807) is 7.05 Å². The Balaban J connectivity index is 2.14. The Morgan fingerprint density at radius 3 is 2.63 bits per heavy atom. The highest BCUT2D eigenvalue weighted by molar-refractivity contribution is 7.17. The van der Waals surface area contributed by atoms with Crippen molar-refractivity contribution in [2.24, 2.45) is 0 Å². The van der Waals surface area contributed by atoms with Crippen molar-refractivity contribution < 1.29 is 4.79 Å². The molecule has 0 spiro atoms. The third kappa shape index (κ3) is 3.12. The zero-order valence-electron chi connectivity index (χ0n) is 11.2. The molecule has 100 valence electrons. The van der Waals surface area contributed by atoms with E-state index in [0.717, 1.165) is 10.8 Å². The van der Waals surface area contributed by atoms with Gasteiger partial charge in [-0.1, -0.05) is 41.7 Å². The number of carbonyl (C=O) groups is 1. The second-order valence-corrected chi connectivity index (χ2v) is 5.29. The number of hydrogen-bond acceptors (Lipinski definition) is 4. The summed E-state index contributed by atoms with van der Waals surface area (Å²) < 4.78 is 0. The van der Waals surface area contributed by atoms with Gasteiger partial charge in [0, 0.05) is 7.05 Å². The molecule has 0 aliphatic carbocycles. The standard InChI is InChI=1S/C14H17N3OS/c1-9(11-7-5-4-6-8-11)16-14-17-10(2)12(19-14)13(18)15-3/h4-9H,1-3H3,(H,15,18)(H,16,17)/t9-/m0/s1. The first kappa shape index (κ1) is 13.5. The molecule has 0 saturated carbocycles. The number of amides is 1. The number of nitrogens with zero attached hydrogens (tertiary/aromatic N) is 1. The van der Waals surface area contributed by atoms with Crippen LogP contribution in [0, 0.1) is 6.92 Å². The van der Waals surface area contributed by atoms with Gasteiger partial charge in [0.25, 0.3) is 5.91 Å². The van der Waals surface area contributed by atoms with Crippen LogP contribution in [0.2, 0.25) is 0 Å². The average molecular weight is 275 g/mol. The Hall–Kier alpha value is -1.88. The van der Waals surface area contributed by atoms with Crippen molar-refractivity contribution in [3.8, 4) is 0 Å². The number of carbonyl (C=O) groups excluding carboxylic acids is 1. The average Bonchev–Trinajstić information content (AvgIpc) is 2.79. The summed E-state index contributed by atoms with van der Waals surface area (Å²) in [6.45, 7) is 3.92. The van der Waals surface area contributed by atoms with E-state index in [-0.39, 0.29) is 11.9 Å². The van der Waals surface area contributed by atoms with Crippen LogP contribution in [-0.4, -0.2) is 17.9 Å². The minimum absolute atomic E-state index is 0.0876. The van der Waals surface area contributed by atoms with Crippen LogP contribution < -0.4 is 10.6 Å². The maximum atomic E-state index is 11.6. The molecule has 0 unspecified atom stereocenters. The molecule has 0 radical (unpaired) electrons. The van der Waals surface area contributed by atoms with Crippen LogP contribution >= 0.6 is 11.3 Å². The zero-order valence-corrected chi connectivity index (χ0v) is 12.0. The molecule has 1 heterocycles. The summed E-state index contributed by atoms with van der Waals surface area (Å²) >= 11 is 1.38. The summed E-state index contributed by atoms with van der Waals surface area (Å²) in [5.74, 6) is -0.0876. The first-order chi connectivity index (χ1) is 9.11. The summed E-state index contributed by atoms with van der Waals surface area (Å²) in [5.41, 5.74) is 1.95. The quantitative estimate of drug-likeness (QED) is 0.902. The second-order valence-electron chi connectivity index (χ2n) is 4.29. The predicted octanol–water partition coefficient (Wildman–Crippen LogP) is 2.98. The number of hydrogen-bond donors (Lipinski definition) is 2. The van der Waals surface area contributed by atoms with Crippen molar-refractivity contribution in [2.75, 3.05) is 12.4 Å². The Kier molecular flexibility index (Phi) is 4.16. The van der Waals surface area contributed by atoms with Crippen LogP contribution in [0.3, 0.4) is 0 Å². The molecule has 0 saturated heterocycles. The first-order valence-electron chi connectivity index (χ1n) is 6.12. The van der Waals surface area contributed by atoms with Gasteiger partial charge in [-0.25, -0.2) is 4.98 Å². The van der Waals surface area contributed by atoms with Crippen molar-refractivity contribution >= 4 is 22.4 Å². The lowest BCUT2D eigenvalue weighted by Crippen LogP contribution is -2.17. The molecule has 5 heteroatoms. The summed E-state index contributed by atoms with van der Waals surface area (Å²) in [4.78, 5) is 16.7. The SMILES string of the molecule is CNC(=O)c1sc(N[C@@H](C)c2ccccc2)nc1C. The summed E-state index contributed by atoms with van der Waals surface area (Å²) in [7, 11) is 1.63. The third-order valence-corrected chi connectivity index (χ3v) is 3.96. The van der Waals surface area contributed by atoms with Gasteiger partial charge < -0.3 is 10.6 Å². The van der Waals surface area contributed by atoms with Crippen LogP contribution in [0.4, 0.5) is 5.13 Å². The smallest absolute Gasteiger partial charge is 0.263 e. The lowest BCUT2D eigenvalue weighted by Gasteiger charge is -2.12. The molecule has 1 aromatic carbocycles. The van der Waals surface area contributed by atoms with E-state index in [1.807, 2.05) is 25.1 Å². The Bertz CT molecular complexity index is 565. The van der Waals surface area contributed by atoms with E-state index in [9.17, 15) is 4.79 Å². The second kappa shape index (κ2) is 5.84. The lowest BCUT2D eigenvalue weighted by atomic mass is 10.1. The fraction of sp³-hybridized carbons (Fsp3) is 0.286. The van der Waals surface area contributed by atoms with Crippen LogP contribution in [0.1, 0.15) is 33.9 Å². The van der Waals surface area contributed by atoms with Crippen LogP contribution in [0.25, 0.3) is 0 Å². The van der Waals surface area contributed by atoms with Gasteiger partial charge in [-0.05, 0) is 19.4 Å². The Morgan fingerprint density at radius 2 is 2.00 bits per heavy atom. The molecule has 19 heavy (non-hydrogen) atoms. The monoisotopic (exact) mass is 275 g/mol. The molecule has 0 aliphatic heterocycles. The highest BCUT2D eigenvalue weighted by Gasteiger charge is 2.15. The summed E-state index contributed by atoms with van der Waals surface area (Å²) in [6.07, 6.45) is 0. The highest BCUT2D eigenvalue weighted by atomic mass is 32.1. The maximum Gasteiger partial charge on any atom is 0.263 e. The van der Waals surface area contributed by atoms with Crippen molar-refractivity contribution in [3.63, 3.8) is 0 Å². The van der Waals surface area contributed by atoms with E-state index in [0.29, 0.717) is 4.88 Å². The number of aryl methyl sites for hydroxylation is 1. The largest absolute Gasteiger partial charge is 0.355 e. The van der Waals surface area contributed by atoms with E-state index < -0.39 is 0 Å². The van der Waals surface area contributed by atoms with Gasteiger partial charge >= 0.3 is 0 Å². The number of benzene rings is 1. The topological polar surface area (TPSA) is 54.0 Å². The van der Waals surface area contributed by atoms with Crippen molar-refractivity contribution in [1.82, 2.24) is 10.3 Å². The van der Waals surface area contributed by atoms with E-state index >= 15 is 0 Å². The van der Waals surface area contributed by atoms with Crippen molar-refractivity contribution in [2.45, 2.75) is 19.9 Å². The van der Waals surface area contributed by atoms with Gasteiger partial charge in [-0.2, -0.15) is 0 Å². The summed E-state index contributed by atoms with van der Waals surface area (Å²) in [5, 5.41) is 6.72.